The minimum atomic E-state index is -0.755. The summed E-state index contributed by atoms with van der Waals surface area (Å²) in [4.78, 5) is 10.9. The molecule has 0 aliphatic heterocycles. The maximum absolute atomic E-state index is 10.9. The van der Waals surface area contributed by atoms with E-state index in [2.05, 4.69) is 6.07 Å². The highest BCUT2D eigenvalue weighted by molar-refractivity contribution is 5.76. The molecule has 1 aliphatic carbocycles. The lowest BCUT2D eigenvalue weighted by Crippen LogP contribution is -2.03. The van der Waals surface area contributed by atoms with Crippen LogP contribution in [-0.2, 0) is 4.79 Å². The molecular formula is C12H17NO2. The predicted octanol–water partition coefficient (Wildman–Crippen LogP) is 2.59. The van der Waals surface area contributed by atoms with Crippen LogP contribution in [0, 0.1) is 28.6 Å². The maximum atomic E-state index is 10.9. The van der Waals surface area contributed by atoms with Gasteiger partial charge in [-0.3, -0.25) is 4.79 Å². The van der Waals surface area contributed by atoms with E-state index in [9.17, 15) is 4.79 Å². The van der Waals surface area contributed by atoms with Gasteiger partial charge in [0.05, 0.1) is 12.0 Å². The molecule has 1 rings (SSSR count). The highest BCUT2D eigenvalue weighted by Crippen LogP contribution is 2.59. The number of hydrogen-bond donors (Lipinski definition) is 1. The zero-order valence-electron chi connectivity index (χ0n) is 9.45. The molecule has 0 aromatic heterocycles. The van der Waals surface area contributed by atoms with Crippen LogP contribution in [0.15, 0.2) is 11.6 Å². The first-order valence-electron chi connectivity index (χ1n) is 5.28. The molecule has 0 amide bonds. The molecule has 0 saturated heterocycles. The van der Waals surface area contributed by atoms with Crippen LogP contribution in [0.3, 0.4) is 0 Å². The molecule has 1 fully saturated rings. The minimum Gasteiger partial charge on any atom is -0.481 e. The van der Waals surface area contributed by atoms with Gasteiger partial charge in [-0.1, -0.05) is 33.3 Å². The summed E-state index contributed by atoms with van der Waals surface area (Å²) >= 11 is 0. The summed E-state index contributed by atoms with van der Waals surface area (Å²) in [6.07, 6.45) is 3.52. The van der Waals surface area contributed by atoms with Gasteiger partial charge in [0.25, 0.3) is 0 Å². The van der Waals surface area contributed by atoms with E-state index in [0.717, 1.165) is 18.4 Å². The molecule has 2 unspecified atom stereocenters. The Balaban J connectivity index is 2.76. The van der Waals surface area contributed by atoms with Crippen LogP contribution in [0.25, 0.3) is 0 Å². The number of hydrogen-bond acceptors (Lipinski definition) is 2. The Morgan fingerprint density at radius 1 is 1.60 bits per heavy atom. The molecule has 1 saturated carbocycles. The Hall–Kier alpha value is -1.30. The lowest BCUT2D eigenvalue weighted by molar-refractivity contribution is -0.139. The molecule has 0 bridgehead atoms. The van der Waals surface area contributed by atoms with E-state index >= 15 is 0 Å². The summed E-state index contributed by atoms with van der Waals surface area (Å²) in [6.45, 7) is 5.89. The monoisotopic (exact) mass is 207 g/mol. The summed E-state index contributed by atoms with van der Waals surface area (Å²) in [5, 5.41) is 17.8. The van der Waals surface area contributed by atoms with Crippen LogP contribution in [0.1, 0.15) is 33.6 Å². The van der Waals surface area contributed by atoms with Crippen LogP contribution in [-0.4, -0.2) is 11.1 Å². The van der Waals surface area contributed by atoms with Crippen molar-refractivity contribution in [1.29, 1.82) is 5.26 Å². The Bertz CT molecular complexity index is 336. The highest BCUT2D eigenvalue weighted by Gasteiger charge is 2.60. The molecular weight excluding hydrogens is 190 g/mol. The first-order chi connectivity index (χ1) is 6.95. The van der Waals surface area contributed by atoms with Crippen molar-refractivity contribution < 1.29 is 9.90 Å². The first kappa shape index (κ1) is 11.8. The van der Waals surface area contributed by atoms with Gasteiger partial charge in [-0.25, -0.2) is 0 Å². The summed E-state index contributed by atoms with van der Waals surface area (Å²) < 4.78 is 0. The molecule has 0 radical (unpaired) electrons. The number of rotatable bonds is 4. The summed E-state index contributed by atoms with van der Waals surface area (Å²) in [6, 6.07) is 2.14. The first-order valence-corrected chi connectivity index (χ1v) is 5.28. The lowest BCUT2D eigenvalue weighted by atomic mass is 10.1. The number of carbonyl (C=O) groups is 1. The highest BCUT2D eigenvalue weighted by atomic mass is 16.4. The van der Waals surface area contributed by atoms with E-state index < -0.39 is 5.97 Å². The van der Waals surface area contributed by atoms with Gasteiger partial charge in [-0.15, -0.1) is 0 Å². The molecule has 0 aromatic rings. The van der Waals surface area contributed by atoms with Crippen molar-refractivity contribution in [3.8, 4) is 6.07 Å². The van der Waals surface area contributed by atoms with Crippen LogP contribution >= 0.6 is 0 Å². The second-order valence-electron chi connectivity index (χ2n) is 4.72. The number of carboxylic acid groups (broad SMARTS) is 1. The van der Waals surface area contributed by atoms with Gasteiger partial charge in [-0.2, -0.15) is 5.26 Å². The van der Waals surface area contributed by atoms with Crippen LogP contribution in [0.5, 0.6) is 0 Å². The molecule has 0 heterocycles. The van der Waals surface area contributed by atoms with Crippen molar-refractivity contribution in [3.63, 3.8) is 0 Å². The molecule has 0 aromatic carbocycles. The normalized spacial score (nSPS) is 28.3. The quantitative estimate of drug-likeness (QED) is 0.721. The molecule has 3 heteroatoms. The van der Waals surface area contributed by atoms with Crippen LogP contribution < -0.4 is 0 Å². The zero-order chi connectivity index (χ0) is 11.6. The Kier molecular flexibility index (Phi) is 3.18. The molecule has 3 nitrogen and oxygen atoms in total. The molecule has 2 atom stereocenters. The Labute approximate surface area is 90.4 Å². The Morgan fingerprint density at radius 2 is 2.20 bits per heavy atom. The van der Waals surface area contributed by atoms with Gasteiger partial charge in [0, 0.05) is 5.57 Å². The van der Waals surface area contributed by atoms with Crippen molar-refractivity contribution in [1.82, 2.24) is 0 Å². The number of aliphatic carboxylic acids is 1. The molecule has 0 spiro atoms. The van der Waals surface area contributed by atoms with Crippen molar-refractivity contribution >= 4 is 5.97 Å². The fourth-order valence-electron chi connectivity index (χ4n) is 2.12. The molecule has 82 valence electrons. The fraction of sp³-hybridized carbons (Fsp3) is 0.667. The van der Waals surface area contributed by atoms with Gasteiger partial charge in [-0.05, 0) is 17.8 Å². The fourth-order valence-corrected chi connectivity index (χ4v) is 2.12. The van der Waals surface area contributed by atoms with E-state index in [1.54, 1.807) is 0 Å². The number of carboxylic acids is 1. The third kappa shape index (κ3) is 2.20. The van der Waals surface area contributed by atoms with E-state index in [1.165, 1.54) is 0 Å². The van der Waals surface area contributed by atoms with E-state index in [-0.39, 0.29) is 17.3 Å². The topological polar surface area (TPSA) is 61.1 Å². The van der Waals surface area contributed by atoms with Gasteiger partial charge in [0.2, 0.25) is 0 Å². The van der Waals surface area contributed by atoms with Crippen molar-refractivity contribution in [2.45, 2.75) is 33.6 Å². The number of allylic oxidation sites excluding steroid dienone is 2. The average molecular weight is 207 g/mol. The van der Waals surface area contributed by atoms with Gasteiger partial charge >= 0.3 is 5.97 Å². The second-order valence-corrected chi connectivity index (χ2v) is 4.72. The standard InChI is InChI=1S/C12H17NO2/c1-4-5-8(7-13)6-9-10(11(14)15)12(9,2)3/h6,9-10H,4-5H2,1-3H3,(H,14,15)/b8-6+. The van der Waals surface area contributed by atoms with Crippen LogP contribution in [0.4, 0.5) is 0 Å². The van der Waals surface area contributed by atoms with Gasteiger partial charge in [0.1, 0.15) is 0 Å². The van der Waals surface area contributed by atoms with E-state index in [1.807, 2.05) is 26.8 Å². The SMILES string of the molecule is CCC/C(C#N)=C\C1C(C(=O)O)C1(C)C. The third-order valence-electron chi connectivity index (χ3n) is 3.22. The van der Waals surface area contributed by atoms with Crippen molar-refractivity contribution in [3.05, 3.63) is 11.6 Å². The van der Waals surface area contributed by atoms with Crippen LogP contribution in [0.2, 0.25) is 0 Å². The van der Waals surface area contributed by atoms with Gasteiger partial charge < -0.3 is 5.11 Å². The maximum Gasteiger partial charge on any atom is 0.307 e. The van der Waals surface area contributed by atoms with E-state index in [0.29, 0.717) is 0 Å². The minimum absolute atomic E-state index is 0.0243. The molecule has 1 N–H and O–H groups in total. The smallest absolute Gasteiger partial charge is 0.307 e. The average Bonchev–Trinajstić information content (AvgIpc) is 2.67. The zero-order valence-corrected chi connectivity index (χ0v) is 9.45. The lowest BCUT2D eigenvalue weighted by Gasteiger charge is -1.98. The van der Waals surface area contributed by atoms with Crippen molar-refractivity contribution in [2.24, 2.45) is 17.3 Å². The summed E-state index contributed by atoms with van der Waals surface area (Å²) in [5.41, 5.74) is 0.529. The summed E-state index contributed by atoms with van der Waals surface area (Å²) in [7, 11) is 0. The Morgan fingerprint density at radius 3 is 2.53 bits per heavy atom. The predicted molar refractivity (Wildman–Crippen MR) is 57.0 cm³/mol. The number of nitrogens with zero attached hydrogens (tertiary/aromatic N) is 1. The largest absolute Gasteiger partial charge is 0.481 e. The number of nitriles is 1. The molecule has 1 aliphatic rings. The van der Waals surface area contributed by atoms with Crippen molar-refractivity contribution in [2.75, 3.05) is 0 Å². The third-order valence-corrected chi connectivity index (χ3v) is 3.22. The van der Waals surface area contributed by atoms with E-state index in [4.69, 9.17) is 10.4 Å². The summed E-state index contributed by atoms with van der Waals surface area (Å²) in [5.74, 6) is -1.05. The second kappa shape index (κ2) is 4.06. The van der Waals surface area contributed by atoms with Gasteiger partial charge in [0.15, 0.2) is 0 Å². The molecule has 15 heavy (non-hydrogen) atoms.